The van der Waals surface area contributed by atoms with Crippen molar-refractivity contribution in [3.05, 3.63) is 54.6 Å². The van der Waals surface area contributed by atoms with Gasteiger partial charge in [-0.3, -0.25) is 25.2 Å². The van der Waals surface area contributed by atoms with Gasteiger partial charge in [-0.25, -0.2) is 0 Å². The van der Waals surface area contributed by atoms with Gasteiger partial charge in [-0.1, -0.05) is 36.4 Å². The van der Waals surface area contributed by atoms with E-state index in [1.807, 2.05) is 30.3 Å². The zero-order chi connectivity index (χ0) is 19.2. The standard InChI is InChI=1S/C19H22N2O5/c1-13-11-19(17(23)25-2,18(24)26-3)12-14(13)9-10-16(22)21-20-15-7-5-4-6-8-15/h4-10,14,20H,1,11-12H2,2-3H3,(H,21,22)/b10-9+. The number of hydrogen-bond acceptors (Lipinski definition) is 6. The van der Waals surface area contributed by atoms with Crippen LogP contribution in [0.2, 0.25) is 0 Å². The minimum atomic E-state index is -1.41. The van der Waals surface area contributed by atoms with Gasteiger partial charge in [-0.05, 0) is 30.9 Å². The Labute approximate surface area is 152 Å². The van der Waals surface area contributed by atoms with E-state index < -0.39 is 17.4 Å². The van der Waals surface area contributed by atoms with E-state index >= 15 is 0 Å². The molecule has 138 valence electrons. The van der Waals surface area contributed by atoms with Crippen LogP contribution in [0.4, 0.5) is 5.69 Å². The summed E-state index contributed by atoms with van der Waals surface area (Å²) in [4.78, 5) is 36.2. The highest BCUT2D eigenvalue weighted by Gasteiger charge is 2.54. The molecule has 0 bridgehead atoms. The lowest BCUT2D eigenvalue weighted by molar-refractivity contribution is -0.168. The lowest BCUT2D eigenvalue weighted by Gasteiger charge is -2.22. The second-order valence-corrected chi connectivity index (χ2v) is 6.05. The van der Waals surface area contributed by atoms with E-state index in [9.17, 15) is 14.4 Å². The number of hydrazine groups is 1. The van der Waals surface area contributed by atoms with Crippen LogP contribution < -0.4 is 10.9 Å². The average Bonchev–Trinajstić information content (AvgIpc) is 3.01. The first-order valence-corrected chi connectivity index (χ1v) is 8.06. The Kier molecular flexibility index (Phi) is 6.16. The number of esters is 2. The van der Waals surface area contributed by atoms with Crippen molar-refractivity contribution in [3.8, 4) is 0 Å². The van der Waals surface area contributed by atoms with Crippen molar-refractivity contribution in [3.63, 3.8) is 0 Å². The Morgan fingerprint density at radius 1 is 1.15 bits per heavy atom. The van der Waals surface area contributed by atoms with Gasteiger partial charge in [0.1, 0.15) is 0 Å². The largest absolute Gasteiger partial charge is 0.468 e. The Morgan fingerprint density at radius 3 is 2.35 bits per heavy atom. The fourth-order valence-corrected chi connectivity index (χ4v) is 3.00. The number of anilines is 1. The van der Waals surface area contributed by atoms with Gasteiger partial charge in [0, 0.05) is 6.08 Å². The van der Waals surface area contributed by atoms with E-state index in [-0.39, 0.29) is 24.7 Å². The van der Waals surface area contributed by atoms with Gasteiger partial charge in [-0.15, -0.1) is 0 Å². The predicted molar refractivity (Wildman–Crippen MR) is 95.7 cm³/mol. The lowest BCUT2D eigenvalue weighted by atomic mass is 9.85. The Morgan fingerprint density at radius 2 is 1.77 bits per heavy atom. The van der Waals surface area contributed by atoms with Crippen LogP contribution in [-0.2, 0) is 23.9 Å². The van der Waals surface area contributed by atoms with Gasteiger partial charge in [-0.2, -0.15) is 0 Å². The lowest BCUT2D eigenvalue weighted by Crippen LogP contribution is -2.39. The van der Waals surface area contributed by atoms with Gasteiger partial charge < -0.3 is 9.47 Å². The summed E-state index contributed by atoms with van der Waals surface area (Å²) in [5, 5.41) is 0. The van der Waals surface area contributed by atoms with Crippen LogP contribution in [0.3, 0.4) is 0 Å². The number of hydrogen-bond donors (Lipinski definition) is 2. The van der Waals surface area contributed by atoms with E-state index in [4.69, 9.17) is 9.47 Å². The van der Waals surface area contributed by atoms with Gasteiger partial charge in [0.05, 0.1) is 19.9 Å². The molecular formula is C19H22N2O5. The number of rotatable bonds is 6. The molecule has 1 aromatic carbocycles. The molecule has 2 rings (SSSR count). The van der Waals surface area contributed by atoms with Crippen LogP contribution in [0.25, 0.3) is 0 Å². The molecule has 1 unspecified atom stereocenters. The quantitative estimate of drug-likeness (QED) is 0.266. The van der Waals surface area contributed by atoms with Crippen molar-refractivity contribution in [2.24, 2.45) is 11.3 Å². The number of ether oxygens (including phenoxy) is 2. The molecule has 1 atom stereocenters. The van der Waals surface area contributed by atoms with Crippen LogP contribution in [0.1, 0.15) is 12.8 Å². The summed E-state index contributed by atoms with van der Waals surface area (Å²) in [5.41, 5.74) is 5.32. The molecule has 0 heterocycles. The number of amides is 1. The highest BCUT2D eigenvalue weighted by Crippen LogP contribution is 2.47. The molecule has 0 aromatic heterocycles. The van der Waals surface area contributed by atoms with Crippen molar-refractivity contribution in [1.29, 1.82) is 0 Å². The highest BCUT2D eigenvalue weighted by atomic mass is 16.5. The number of allylic oxidation sites excluding steroid dienone is 2. The normalized spacial score (nSPS) is 18.4. The molecule has 0 saturated heterocycles. The molecule has 7 heteroatoms. The van der Waals surface area contributed by atoms with E-state index in [1.54, 1.807) is 6.08 Å². The first kappa shape index (κ1) is 19.2. The fourth-order valence-electron chi connectivity index (χ4n) is 3.00. The summed E-state index contributed by atoms with van der Waals surface area (Å²) in [7, 11) is 2.45. The summed E-state index contributed by atoms with van der Waals surface area (Å²) in [5.74, 6) is -1.99. The maximum Gasteiger partial charge on any atom is 0.323 e. The van der Waals surface area contributed by atoms with Crippen LogP contribution in [0, 0.1) is 11.3 Å². The van der Waals surface area contributed by atoms with Gasteiger partial charge in [0.25, 0.3) is 5.91 Å². The van der Waals surface area contributed by atoms with Crippen molar-refractivity contribution < 1.29 is 23.9 Å². The molecule has 1 saturated carbocycles. The summed E-state index contributed by atoms with van der Waals surface area (Å²) >= 11 is 0. The third-order valence-corrected chi connectivity index (χ3v) is 4.36. The van der Waals surface area contributed by atoms with E-state index in [0.717, 1.165) is 5.69 Å². The summed E-state index contributed by atoms with van der Waals surface area (Å²) < 4.78 is 9.55. The summed E-state index contributed by atoms with van der Waals surface area (Å²) in [6.07, 6.45) is 3.25. The SMILES string of the molecule is C=C1CC(C(=O)OC)(C(=O)OC)CC1/C=C/C(=O)NNc1ccccc1. The number of carbonyl (C=O) groups is 3. The molecule has 0 aliphatic heterocycles. The van der Waals surface area contributed by atoms with Gasteiger partial charge in [0.15, 0.2) is 5.41 Å². The number of methoxy groups -OCH3 is 2. The number of benzene rings is 1. The highest BCUT2D eigenvalue weighted by molar-refractivity contribution is 6.01. The molecule has 0 radical (unpaired) electrons. The number of para-hydroxylation sites is 1. The molecule has 1 aliphatic carbocycles. The van der Waals surface area contributed by atoms with Crippen LogP contribution >= 0.6 is 0 Å². The van der Waals surface area contributed by atoms with Crippen LogP contribution in [-0.4, -0.2) is 32.1 Å². The predicted octanol–water partition coefficient (Wildman–Crippen LogP) is 1.98. The zero-order valence-corrected chi connectivity index (χ0v) is 14.8. The van der Waals surface area contributed by atoms with E-state index in [2.05, 4.69) is 17.4 Å². The second-order valence-electron chi connectivity index (χ2n) is 6.05. The van der Waals surface area contributed by atoms with Crippen molar-refractivity contribution in [2.45, 2.75) is 12.8 Å². The molecule has 7 nitrogen and oxygen atoms in total. The average molecular weight is 358 g/mol. The van der Waals surface area contributed by atoms with Crippen LogP contribution in [0.15, 0.2) is 54.6 Å². The van der Waals surface area contributed by atoms with Crippen molar-refractivity contribution in [1.82, 2.24) is 5.43 Å². The smallest absolute Gasteiger partial charge is 0.323 e. The summed E-state index contributed by atoms with van der Waals surface area (Å²) in [6.45, 7) is 3.92. The van der Waals surface area contributed by atoms with Gasteiger partial charge in [0.2, 0.25) is 0 Å². The zero-order valence-electron chi connectivity index (χ0n) is 14.8. The number of nitrogens with one attached hydrogen (secondary N) is 2. The molecule has 1 aliphatic rings. The molecular weight excluding hydrogens is 336 g/mol. The second kappa shape index (κ2) is 8.33. The van der Waals surface area contributed by atoms with E-state index in [1.165, 1.54) is 20.3 Å². The van der Waals surface area contributed by atoms with Crippen LogP contribution in [0.5, 0.6) is 0 Å². The number of carbonyl (C=O) groups excluding carboxylic acids is 3. The first-order chi connectivity index (χ1) is 12.4. The Bertz CT molecular complexity index is 711. The maximum atomic E-state index is 12.1. The minimum Gasteiger partial charge on any atom is -0.468 e. The third-order valence-electron chi connectivity index (χ3n) is 4.36. The summed E-state index contributed by atoms with van der Waals surface area (Å²) in [6, 6.07) is 9.17. The maximum absolute atomic E-state index is 12.1. The van der Waals surface area contributed by atoms with Crippen molar-refractivity contribution >= 4 is 23.5 Å². The third kappa shape index (κ3) is 4.11. The first-order valence-electron chi connectivity index (χ1n) is 8.06. The molecule has 2 N–H and O–H groups in total. The molecule has 0 spiro atoms. The molecule has 1 amide bonds. The Hall–Kier alpha value is -3.09. The molecule has 26 heavy (non-hydrogen) atoms. The topological polar surface area (TPSA) is 93.7 Å². The molecule has 1 fully saturated rings. The van der Waals surface area contributed by atoms with Gasteiger partial charge >= 0.3 is 11.9 Å². The fraction of sp³-hybridized carbons (Fsp3) is 0.316. The van der Waals surface area contributed by atoms with E-state index in [0.29, 0.717) is 5.57 Å². The minimum absolute atomic E-state index is 0.130. The van der Waals surface area contributed by atoms with Crippen molar-refractivity contribution in [2.75, 3.05) is 19.6 Å². The Balaban J connectivity index is 2.01. The monoisotopic (exact) mass is 358 g/mol. The molecule has 1 aromatic rings.